The topological polar surface area (TPSA) is 67.6 Å². The van der Waals surface area contributed by atoms with Gasteiger partial charge in [-0.25, -0.2) is 0 Å². The van der Waals surface area contributed by atoms with Gasteiger partial charge in [-0.2, -0.15) is 0 Å². The van der Waals surface area contributed by atoms with Crippen LogP contribution < -0.4 is 0 Å². The summed E-state index contributed by atoms with van der Waals surface area (Å²) in [6.45, 7) is 0. The van der Waals surface area contributed by atoms with Gasteiger partial charge >= 0.3 is 0 Å². The largest absolute Gasteiger partial charge is 0.504 e. The second-order valence-electron chi connectivity index (χ2n) is 2.92. The molecule has 0 unspecified atom stereocenters. The van der Waals surface area contributed by atoms with E-state index >= 15 is 0 Å². The molecule has 0 saturated heterocycles. The fraction of sp³-hybridized carbons (Fsp3) is 0.222. The van der Waals surface area contributed by atoms with Gasteiger partial charge in [0, 0.05) is 14.1 Å². The van der Waals surface area contributed by atoms with Gasteiger partial charge in [0.1, 0.15) is 5.84 Å². The van der Waals surface area contributed by atoms with Crippen LogP contribution in [0, 0.1) is 5.41 Å². The summed E-state index contributed by atoms with van der Waals surface area (Å²) in [6, 6.07) is 4.54. The SMILES string of the molecule is CN(C)C(=N)c1cccc(O)c1O. The fourth-order valence-electron chi connectivity index (χ4n) is 0.963. The number of rotatable bonds is 1. The van der Waals surface area contributed by atoms with Gasteiger partial charge in [0.05, 0.1) is 5.56 Å². The molecule has 0 aliphatic rings. The van der Waals surface area contributed by atoms with Crippen molar-refractivity contribution in [1.29, 1.82) is 5.41 Å². The predicted molar refractivity (Wildman–Crippen MR) is 50.3 cm³/mol. The van der Waals surface area contributed by atoms with Gasteiger partial charge in [-0.15, -0.1) is 0 Å². The first-order valence-corrected chi connectivity index (χ1v) is 3.81. The Bertz CT molecular complexity index is 334. The number of hydrogen-bond donors (Lipinski definition) is 3. The highest BCUT2D eigenvalue weighted by Crippen LogP contribution is 2.28. The van der Waals surface area contributed by atoms with E-state index < -0.39 is 0 Å². The van der Waals surface area contributed by atoms with Gasteiger partial charge in [0.15, 0.2) is 11.5 Å². The zero-order chi connectivity index (χ0) is 10.0. The van der Waals surface area contributed by atoms with Crippen molar-refractivity contribution in [2.75, 3.05) is 14.1 Å². The van der Waals surface area contributed by atoms with E-state index in [1.54, 1.807) is 31.1 Å². The predicted octanol–water partition coefficient (Wildman–Crippen LogP) is 0.985. The number of phenols is 2. The number of phenolic OH excluding ortho intramolecular Hbond substituents is 2. The molecule has 0 saturated carbocycles. The van der Waals surface area contributed by atoms with Crippen molar-refractivity contribution in [3.05, 3.63) is 23.8 Å². The normalized spacial score (nSPS) is 9.69. The van der Waals surface area contributed by atoms with E-state index in [1.165, 1.54) is 6.07 Å². The van der Waals surface area contributed by atoms with Gasteiger partial charge in [-0.1, -0.05) is 6.07 Å². The molecule has 0 heterocycles. The molecule has 1 aromatic carbocycles. The molecule has 0 radical (unpaired) electrons. The maximum absolute atomic E-state index is 9.40. The number of aromatic hydroxyl groups is 2. The Morgan fingerprint density at radius 1 is 1.31 bits per heavy atom. The first-order chi connectivity index (χ1) is 6.04. The van der Waals surface area contributed by atoms with E-state index in [0.717, 1.165) is 0 Å². The number of benzene rings is 1. The Kier molecular flexibility index (Phi) is 2.41. The summed E-state index contributed by atoms with van der Waals surface area (Å²) >= 11 is 0. The Morgan fingerprint density at radius 2 is 1.92 bits per heavy atom. The summed E-state index contributed by atoms with van der Waals surface area (Å²) < 4.78 is 0. The molecular formula is C9H12N2O2. The Morgan fingerprint density at radius 3 is 2.46 bits per heavy atom. The molecule has 3 N–H and O–H groups in total. The lowest BCUT2D eigenvalue weighted by Crippen LogP contribution is -2.21. The lowest BCUT2D eigenvalue weighted by atomic mass is 10.1. The van der Waals surface area contributed by atoms with E-state index in [1.807, 2.05) is 0 Å². The van der Waals surface area contributed by atoms with Crippen molar-refractivity contribution in [2.45, 2.75) is 0 Å². The third kappa shape index (κ3) is 1.72. The molecule has 4 heteroatoms. The number of para-hydroxylation sites is 1. The standard InChI is InChI=1S/C9H12N2O2/c1-11(2)9(10)6-4-3-5-7(12)8(6)13/h3-5,10,12-13H,1-2H3. The van der Waals surface area contributed by atoms with E-state index in [2.05, 4.69) is 0 Å². The van der Waals surface area contributed by atoms with Crippen LogP contribution in [-0.2, 0) is 0 Å². The highest BCUT2D eigenvalue weighted by atomic mass is 16.3. The smallest absolute Gasteiger partial charge is 0.168 e. The van der Waals surface area contributed by atoms with Crippen LogP contribution in [0.1, 0.15) is 5.56 Å². The van der Waals surface area contributed by atoms with Gasteiger partial charge in [-0.05, 0) is 12.1 Å². The summed E-state index contributed by atoms with van der Waals surface area (Å²) in [5, 5.41) is 26.1. The van der Waals surface area contributed by atoms with Gasteiger partial charge in [0.25, 0.3) is 0 Å². The van der Waals surface area contributed by atoms with E-state index in [0.29, 0.717) is 5.56 Å². The molecule has 13 heavy (non-hydrogen) atoms. The number of nitrogens with one attached hydrogen (secondary N) is 1. The quantitative estimate of drug-likeness (QED) is 0.343. The molecule has 0 aliphatic carbocycles. The molecule has 0 bridgehead atoms. The summed E-state index contributed by atoms with van der Waals surface area (Å²) in [7, 11) is 3.40. The van der Waals surface area contributed by atoms with Crippen LogP contribution in [0.2, 0.25) is 0 Å². The van der Waals surface area contributed by atoms with Crippen LogP contribution in [0.5, 0.6) is 11.5 Å². The first-order valence-electron chi connectivity index (χ1n) is 3.81. The molecule has 0 amide bonds. The van der Waals surface area contributed by atoms with Gasteiger partial charge < -0.3 is 15.1 Å². The second kappa shape index (κ2) is 3.35. The van der Waals surface area contributed by atoms with Crippen LogP contribution in [0.4, 0.5) is 0 Å². The Labute approximate surface area is 76.6 Å². The molecule has 4 nitrogen and oxygen atoms in total. The van der Waals surface area contributed by atoms with Crippen LogP contribution >= 0.6 is 0 Å². The summed E-state index contributed by atoms with van der Waals surface area (Å²) in [5.74, 6) is -0.293. The molecule has 0 fully saturated rings. The third-order valence-electron chi connectivity index (χ3n) is 1.72. The van der Waals surface area contributed by atoms with Crippen molar-refractivity contribution in [3.63, 3.8) is 0 Å². The minimum absolute atomic E-state index is 0.161. The third-order valence-corrected chi connectivity index (χ3v) is 1.72. The maximum atomic E-state index is 9.40. The second-order valence-corrected chi connectivity index (χ2v) is 2.92. The minimum Gasteiger partial charge on any atom is -0.504 e. The molecular weight excluding hydrogens is 168 g/mol. The molecule has 70 valence electrons. The minimum atomic E-state index is -0.249. The summed E-state index contributed by atoms with van der Waals surface area (Å²) in [5.41, 5.74) is 0.324. The summed E-state index contributed by atoms with van der Waals surface area (Å²) in [4.78, 5) is 1.55. The fourth-order valence-corrected chi connectivity index (χ4v) is 0.963. The van der Waals surface area contributed by atoms with E-state index in [9.17, 15) is 5.11 Å². The Hall–Kier alpha value is -1.71. The maximum Gasteiger partial charge on any atom is 0.168 e. The lowest BCUT2D eigenvalue weighted by Gasteiger charge is -2.14. The van der Waals surface area contributed by atoms with Gasteiger partial charge in [-0.3, -0.25) is 5.41 Å². The monoisotopic (exact) mass is 180 g/mol. The van der Waals surface area contributed by atoms with Crippen molar-refractivity contribution >= 4 is 5.84 Å². The number of amidine groups is 1. The van der Waals surface area contributed by atoms with Crippen LogP contribution in [0.15, 0.2) is 18.2 Å². The van der Waals surface area contributed by atoms with Gasteiger partial charge in [0.2, 0.25) is 0 Å². The van der Waals surface area contributed by atoms with Crippen LogP contribution in [0.3, 0.4) is 0 Å². The lowest BCUT2D eigenvalue weighted by molar-refractivity contribution is 0.402. The van der Waals surface area contributed by atoms with Crippen LogP contribution in [0.25, 0.3) is 0 Å². The van der Waals surface area contributed by atoms with Crippen molar-refractivity contribution in [1.82, 2.24) is 4.90 Å². The molecule has 0 aromatic heterocycles. The number of hydrogen-bond acceptors (Lipinski definition) is 3. The first kappa shape index (κ1) is 9.38. The molecule has 0 aliphatic heterocycles. The molecule has 0 spiro atoms. The van der Waals surface area contributed by atoms with Crippen LogP contribution in [-0.4, -0.2) is 35.0 Å². The molecule has 1 rings (SSSR count). The van der Waals surface area contributed by atoms with E-state index in [4.69, 9.17) is 10.5 Å². The molecule has 1 aromatic rings. The van der Waals surface area contributed by atoms with Crippen molar-refractivity contribution in [3.8, 4) is 11.5 Å². The van der Waals surface area contributed by atoms with Crippen molar-refractivity contribution < 1.29 is 10.2 Å². The zero-order valence-electron chi connectivity index (χ0n) is 7.57. The summed E-state index contributed by atoms with van der Waals surface area (Å²) in [6.07, 6.45) is 0. The van der Waals surface area contributed by atoms with E-state index in [-0.39, 0.29) is 17.3 Å². The number of nitrogens with zero attached hydrogens (tertiary/aromatic N) is 1. The average Bonchev–Trinajstić information content (AvgIpc) is 2.08. The highest BCUT2D eigenvalue weighted by Gasteiger charge is 2.11. The molecule has 0 atom stereocenters. The van der Waals surface area contributed by atoms with Crippen molar-refractivity contribution in [2.24, 2.45) is 0 Å². The Balaban J connectivity index is 3.15. The zero-order valence-corrected chi connectivity index (χ0v) is 7.57. The highest BCUT2D eigenvalue weighted by molar-refractivity contribution is 5.99. The average molecular weight is 180 g/mol.